The number of aromatic nitrogens is 6. The van der Waals surface area contributed by atoms with Gasteiger partial charge in [0, 0.05) is 24.1 Å². The third kappa shape index (κ3) is 4.21. The van der Waals surface area contributed by atoms with Gasteiger partial charge >= 0.3 is 0 Å². The van der Waals surface area contributed by atoms with Crippen LogP contribution in [0.3, 0.4) is 0 Å². The number of hydrogen-bond acceptors (Lipinski definition) is 9. The number of fused-ring (bicyclic) bond motifs is 1. The molecule has 0 saturated heterocycles. The zero-order valence-electron chi connectivity index (χ0n) is 21.9. The largest absolute Gasteiger partial charge is 0.494 e. The van der Waals surface area contributed by atoms with Crippen LogP contribution in [0.5, 0.6) is 5.75 Å². The molecule has 1 aliphatic carbocycles. The molecule has 0 aliphatic heterocycles. The second-order valence-corrected chi connectivity index (χ2v) is 7.97. The number of imidazole rings is 1. The first-order chi connectivity index (χ1) is 18.1. The fourth-order valence-corrected chi connectivity index (χ4v) is 3.62. The van der Waals surface area contributed by atoms with E-state index in [0.29, 0.717) is 34.0 Å². The van der Waals surface area contributed by atoms with E-state index in [2.05, 4.69) is 35.8 Å². The standard InChI is InChI=1S/C23H23N9O3/c1-24-23(34)18-17(15(10-27-31-18)29-22(33)12-7-8-12)28-14-6-4-5-13(19(14)35-3)20-25-9-16-21(30-20)32(2)11-26-16/h4-6,9-12H,7-8H2,1-3H3,(H,24,34)(H,27,28)(H,29,31,33)/i1D3. The highest BCUT2D eigenvalue weighted by atomic mass is 16.5. The highest BCUT2D eigenvalue weighted by molar-refractivity contribution is 6.05. The second kappa shape index (κ2) is 8.97. The van der Waals surface area contributed by atoms with Crippen LogP contribution in [0.1, 0.15) is 27.4 Å². The van der Waals surface area contributed by atoms with Gasteiger partial charge in [-0.15, -0.1) is 5.10 Å². The Balaban J connectivity index is 1.58. The lowest BCUT2D eigenvalue weighted by atomic mass is 10.1. The number of carbonyl (C=O) groups is 2. The number of nitrogens with zero attached hydrogens (tertiary/aromatic N) is 6. The molecule has 35 heavy (non-hydrogen) atoms. The predicted octanol–water partition coefficient (Wildman–Crippen LogP) is 2.28. The van der Waals surface area contributed by atoms with Crippen molar-refractivity contribution in [1.82, 2.24) is 35.0 Å². The second-order valence-electron chi connectivity index (χ2n) is 7.97. The van der Waals surface area contributed by atoms with Crippen molar-refractivity contribution in [2.24, 2.45) is 13.0 Å². The summed E-state index contributed by atoms with van der Waals surface area (Å²) in [4.78, 5) is 38.6. The molecule has 12 nitrogen and oxygen atoms in total. The summed E-state index contributed by atoms with van der Waals surface area (Å²) < 4.78 is 29.7. The maximum atomic E-state index is 12.8. The fourth-order valence-electron chi connectivity index (χ4n) is 3.62. The number of ether oxygens (including phenoxy) is 1. The Morgan fingerprint density at radius 3 is 2.83 bits per heavy atom. The number of methoxy groups -OCH3 is 1. The van der Waals surface area contributed by atoms with E-state index >= 15 is 0 Å². The van der Waals surface area contributed by atoms with E-state index in [0.717, 1.165) is 12.8 Å². The van der Waals surface area contributed by atoms with E-state index in [1.54, 1.807) is 35.3 Å². The molecule has 0 atom stereocenters. The Hall–Kier alpha value is -4.61. The average Bonchev–Trinajstić information content (AvgIpc) is 3.67. The van der Waals surface area contributed by atoms with Gasteiger partial charge in [-0.2, -0.15) is 5.10 Å². The molecule has 0 unspecified atom stereocenters. The molecule has 1 aromatic carbocycles. The molecule has 0 bridgehead atoms. The van der Waals surface area contributed by atoms with Crippen LogP contribution >= 0.6 is 0 Å². The highest BCUT2D eigenvalue weighted by Gasteiger charge is 2.31. The van der Waals surface area contributed by atoms with Crippen molar-refractivity contribution in [2.75, 3.05) is 24.7 Å². The lowest BCUT2D eigenvalue weighted by Gasteiger charge is -2.18. The van der Waals surface area contributed by atoms with Gasteiger partial charge in [-0.1, -0.05) is 6.07 Å². The van der Waals surface area contributed by atoms with Crippen LogP contribution in [0.2, 0.25) is 0 Å². The first kappa shape index (κ1) is 18.8. The summed E-state index contributed by atoms with van der Waals surface area (Å²) in [6, 6.07) is 5.18. The number of amides is 2. The number of carbonyl (C=O) groups excluding carboxylic acids is 2. The molecule has 0 spiro atoms. The number of hydrogen-bond donors (Lipinski definition) is 3. The van der Waals surface area contributed by atoms with Gasteiger partial charge in [-0.25, -0.2) is 15.0 Å². The maximum Gasteiger partial charge on any atom is 0.273 e. The van der Waals surface area contributed by atoms with Crippen molar-refractivity contribution in [2.45, 2.75) is 12.8 Å². The zero-order chi connectivity index (χ0) is 27.0. The molecule has 2 amide bonds. The van der Waals surface area contributed by atoms with E-state index in [-0.39, 0.29) is 28.9 Å². The Morgan fingerprint density at radius 1 is 1.20 bits per heavy atom. The number of benzene rings is 1. The SMILES string of the molecule is [2H]C([2H])([2H])NC(=O)c1nncc(NC(=O)C2CC2)c1Nc1cccc(-c2ncc3ncn(C)c3n2)c1OC. The van der Waals surface area contributed by atoms with Crippen molar-refractivity contribution < 1.29 is 18.4 Å². The molecule has 3 heterocycles. The third-order valence-electron chi connectivity index (χ3n) is 5.56. The van der Waals surface area contributed by atoms with Gasteiger partial charge in [0.2, 0.25) is 5.91 Å². The normalized spacial score (nSPS) is 14.5. The molecule has 1 fully saturated rings. The summed E-state index contributed by atoms with van der Waals surface area (Å²) in [5, 5.41) is 15.4. The van der Waals surface area contributed by atoms with Crippen LogP contribution in [0, 0.1) is 5.92 Å². The van der Waals surface area contributed by atoms with Crippen molar-refractivity contribution >= 4 is 40.0 Å². The van der Waals surface area contributed by atoms with E-state index in [4.69, 9.17) is 8.85 Å². The summed E-state index contributed by atoms with van der Waals surface area (Å²) in [5.41, 5.74) is 2.07. The van der Waals surface area contributed by atoms with Crippen LogP contribution in [-0.4, -0.2) is 55.6 Å². The molecular weight excluding hydrogens is 450 g/mol. The predicted molar refractivity (Wildman–Crippen MR) is 128 cm³/mol. The van der Waals surface area contributed by atoms with Gasteiger partial charge in [0.15, 0.2) is 22.9 Å². The minimum atomic E-state index is -2.76. The minimum Gasteiger partial charge on any atom is -0.494 e. The van der Waals surface area contributed by atoms with Crippen LogP contribution in [0.15, 0.2) is 36.9 Å². The van der Waals surface area contributed by atoms with Crippen molar-refractivity contribution in [3.05, 3.63) is 42.6 Å². The maximum absolute atomic E-state index is 12.8. The van der Waals surface area contributed by atoms with E-state index in [1.807, 2.05) is 12.4 Å². The van der Waals surface area contributed by atoms with E-state index in [9.17, 15) is 9.59 Å². The molecule has 5 rings (SSSR count). The zero-order valence-corrected chi connectivity index (χ0v) is 18.9. The molecule has 178 valence electrons. The van der Waals surface area contributed by atoms with Gasteiger partial charge in [0.25, 0.3) is 5.91 Å². The molecule has 1 saturated carbocycles. The topological polar surface area (TPSA) is 149 Å². The van der Waals surface area contributed by atoms with Gasteiger partial charge in [0.05, 0.1) is 48.5 Å². The summed E-state index contributed by atoms with van der Waals surface area (Å²) >= 11 is 0. The number of para-hydroxylation sites is 1. The quantitative estimate of drug-likeness (QED) is 0.365. The molecule has 3 aromatic heterocycles. The highest BCUT2D eigenvalue weighted by Crippen LogP contribution is 2.39. The summed E-state index contributed by atoms with van der Waals surface area (Å²) in [6.45, 7) is -2.76. The van der Waals surface area contributed by atoms with Crippen molar-refractivity contribution in [1.29, 1.82) is 0 Å². The fraction of sp³-hybridized carbons (Fsp3) is 0.261. The molecule has 1 aliphatic rings. The van der Waals surface area contributed by atoms with Crippen LogP contribution in [0.25, 0.3) is 22.6 Å². The number of rotatable bonds is 7. The summed E-state index contributed by atoms with van der Waals surface area (Å²) in [6.07, 6.45) is 6.04. The smallest absolute Gasteiger partial charge is 0.273 e. The molecule has 12 heteroatoms. The number of anilines is 3. The Morgan fingerprint density at radius 2 is 2.06 bits per heavy atom. The van der Waals surface area contributed by atoms with Crippen LogP contribution in [0.4, 0.5) is 17.1 Å². The van der Waals surface area contributed by atoms with E-state index in [1.165, 1.54) is 13.3 Å². The minimum absolute atomic E-state index is 0.0502. The molecular formula is C23H23N9O3. The average molecular weight is 477 g/mol. The van der Waals surface area contributed by atoms with Crippen molar-refractivity contribution in [3.8, 4) is 17.1 Å². The van der Waals surface area contributed by atoms with E-state index < -0.39 is 12.9 Å². The van der Waals surface area contributed by atoms with Crippen LogP contribution < -0.4 is 20.7 Å². The lowest BCUT2D eigenvalue weighted by molar-refractivity contribution is -0.117. The third-order valence-corrected chi connectivity index (χ3v) is 5.56. The molecule has 4 aromatic rings. The van der Waals surface area contributed by atoms with Gasteiger partial charge < -0.3 is 25.3 Å². The van der Waals surface area contributed by atoms with Crippen molar-refractivity contribution in [3.63, 3.8) is 0 Å². The molecule has 0 radical (unpaired) electrons. The summed E-state index contributed by atoms with van der Waals surface area (Å²) in [5.74, 6) is -0.651. The summed E-state index contributed by atoms with van der Waals surface area (Å²) in [7, 11) is 3.29. The van der Waals surface area contributed by atoms with Crippen LogP contribution in [-0.2, 0) is 11.8 Å². The van der Waals surface area contributed by atoms with Gasteiger partial charge in [-0.3, -0.25) is 9.59 Å². The van der Waals surface area contributed by atoms with Gasteiger partial charge in [0.1, 0.15) is 5.52 Å². The Labute approximate surface area is 204 Å². The number of aryl methyl sites for hydroxylation is 1. The first-order valence-corrected chi connectivity index (χ1v) is 10.7. The lowest BCUT2D eigenvalue weighted by Crippen LogP contribution is -2.23. The van der Waals surface area contributed by atoms with Gasteiger partial charge in [-0.05, 0) is 25.0 Å². The monoisotopic (exact) mass is 476 g/mol. The Bertz CT molecular complexity index is 1550. The Kier molecular flexibility index (Phi) is 4.81. The first-order valence-electron chi connectivity index (χ1n) is 12.2. The number of nitrogens with one attached hydrogen (secondary N) is 3. The molecule has 3 N–H and O–H groups in total.